The third-order valence-electron chi connectivity index (χ3n) is 4.72. The number of esters is 1. The maximum Gasteiger partial charge on any atom is 0.328 e. The fraction of sp³-hybridized carbons (Fsp3) is 0.500. The van der Waals surface area contributed by atoms with Crippen LogP contribution in [0.5, 0.6) is 0 Å². The molecule has 27 heavy (non-hydrogen) atoms. The molecule has 1 aromatic carbocycles. The highest BCUT2D eigenvalue weighted by Crippen LogP contribution is 2.25. The highest BCUT2D eigenvalue weighted by atomic mass is 16.5. The Hall–Kier alpha value is -2.70. The van der Waals surface area contributed by atoms with Gasteiger partial charge in [-0.2, -0.15) is 0 Å². The predicted octanol–water partition coefficient (Wildman–Crippen LogP) is 1.15. The first-order chi connectivity index (χ1) is 12.9. The van der Waals surface area contributed by atoms with Crippen molar-refractivity contribution in [1.82, 2.24) is 10.6 Å². The van der Waals surface area contributed by atoms with Crippen molar-refractivity contribution in [3.63, 3.8) is 0 Å². The van der Waals surface area contributed by atoms with Gasteiger partial charge in [0, 0.05) is 26.2 Å². The zero-order chi connectivity index (χ0) is 19.8. The molecule has 0 bridgehead atoms. The van der Waals surface area contributed by atoms with Crippen molar-refractivity contribution in [3.8, 4) is 0 Å². The molecule has 1 aliphatic rings. The molecule has 2 N–H and O–H groups in total. The van der Waals surface area contributed by atoms with E-state index in [2.05, 4.69) is 10.6 Å². The van der Waals surface area contributed by atoms with Crippen molar-refractivity contribution in [1.29, 1.82) is 0 Å². The summed E-state index contributed by atoms with van der Waals surface area (Å²) >= 11 is 0. The third-order valence-corrected chi connectivity index (χ3v) is 4.72. The summed E-state index contributed by atoms with van der Waals surface area (Å²) in [5, 5.41) is 5.34. The zero-order valence-electron chi connectivity index (χ0n) is 15.7. The number of hydrogen-bond donors (Lipinski definition) is 2. The van der Waals surface area contributed by atoms with Crippen LogP contribution in [0.15, 0.2) is 30.3 Å². The van der Waals surface area contributed by atoms with E-state index in [-0.39, 0.29) is 24.0 Å². The first-order valence-corrected chi connectivity index (χ1v) is 9.11. The summed E-state index contributed by atoms with van der Waals surface area (Å²) in [5.74, 6) is -1.60. The number of ether oxygens (including phenoxy) is 1. The molecule has 1 aliphatic carbocycles. The van der Waals surface area contributed by atoms with Gasteiger partial charge in [-0.15, -0.1) is 0 Å². The molecule has 7 heteroatoms. The standard InChI is InChI=1S/C20H26N2O5/c1-13(23)21-17(11-14-7-4-3-5-8-14)19(25)22-18(20(26)27-2)15-9-6-10-16(24)12-15/h3-5,7-8,15,17-18H,6,9-12H2,1-2H3,(H,21,23)(H,22,25)/t15-,17-,18-/m0/s1. The van der Waals surface area contributed by atoms with Gasteiger partial charge >= 0.3 is 5.97 Å². The van der Waals surface area contributed by atoms with Crippen LogP contribution in [-0.4, -0.2) is 42.8 Å². The quantitative estimate of drug-likeness (QED) is 0.697. The van der Waals surface area contributed by atoms with E-state index in [1.165, 1.54) is 14.0 Å². The Bertz CT molecular complexity index is 689. The molecular weight excluding hydrogens is 348 g/mol. The lowest BCUT2D eigenvalue weighted by molar-refractivity contribution is -0.147. The number of ketones is 1. The molecule has 0 aromatic heterocycles. The molecule has 0 radical (unpaired) electrons. The molecular formula is C20H26N2O5. The smallest absolute Gasteiger partial charge is 0.328 e. The van der Waals surface area contributed by atoms with E-state index in [0.29, 0.717) is 25.7 Å². The molecule has 1 fully saturated rings. The van der Waals surface area contributed by atoms with E-state index in [9.17, 15) is 19.2 Å². The van der Waals surface area contributed by atoms with Gasteiger partial charge in [0.15, 0.2) is 0 Å². The van der Waals surface area contributed by atoms with Crippen LogP contribution < -0.4 is 10.6 Å². The van der Waals surface area contributed by atoms with Crippen LogP contribution in [0.3, 0.4) is 0 Å². The first-order valence-electron chi connectivity index (χ1n) is 9.11. The summed E-state index contributed by atoms with van der Waals surface area (Å²) in [6.07, 6.45) is 2.38. The van der Waals surface area contributed by atoms with Crippen LogP contribution in [0.4, 0.5) is 0 Å². The number of methoxy groups -OCH3 is 1. The van der Waals surface area contributed by atoms with Gasteiger partial charge in [-0.3, -0.25) is 14.4 Å². The first kappa shape index (κ1) is 20.6. The Balaban J connectivity index is 2.14. The van der Waals surface area contributed by atoms with Crippen molar-refractivity contribution in [2.24, 2.45) is 5.92 Å². The Morgan fingerprint density at radius 2 is 1.89 bits per heavy atom. The number of carbonyl (C=O) groups excluding carboxylic acids is 4. The molecule has 0 aliphatic heterocycles. The monoisotopic (exact) mass is 374 g/mol. The Morgan fingerprint density at radius 3 is 2.48 bits per heavy atom. The van der Waals surface area contributed by atoms with Crippen LogP contribution in [0, 0.1) is 5.92 Å². The lowest BCUT2D eigenvalue weighted by Crippen LogP contribution is -2.55. The minimum Gasteiger partial charge on any atom is -0.467 e. The van der Waals surface area contributed by atoms with E-state index < -0.39 is 24.0 Å². The summed E-state index contributed by atoms with van der Waals surface area (Å²) in [6, 6.07) is 7.56. The molecule has 2 rings (SSSR count). The van der Waals surface area contributed by atoms with Crippen LogP contribution >= 0.6 is 0 Å². The third kappa shape index (κ3) is 6.20. The number of Topliss-reactive ketones (excluding diaryl/α,β-unsaturated/α-hetero) is 1. The van der Waals surface area contributed by atoms with Gasteiger partial charge in [-0.1, -0.05) is 30.3 Å². The van der Waals surface area contributed by atoms with Crippen LogP contribution in [0.2, 0.25) is 0 Å². The largest absolute Gasteiger partial charge is 0.467 e. The van der Waals surface area contributed by atoms with Gasteiger partial charge < -0.3 is 15.4 Å². The van der Waals surface area contributed by atoms with Crippen molar-refractivity contribution >= 4 is 23.6 Å². The van der Waals surface area contributed by atoms with Gasteiger partial charge in [0.25, 0.3) is 0 Å². The van der Waals surface area contributed by atoms with E-state index in [1.807, 2.05) is 30.3 Å². The second-order valence-corrected chi connectivity index (χ2v) is 6.85. The van der Waals surface area contributed by atoms with Crippen LogP contribution in [-0.2, 0) is 30.3 Å². The van der Waals surface area contributed by atoms with Gasteiger partial charge in [-0.25, -0.2) is 4.79 Å². The number of nitrogens with one attached hydrogen (secondary N) is 2. The molecule has 0 saturated heterocycles. The van der Waals surface area contributed by atoms with Crippen molar-refractivity contribution < 1.29 is 23.9 Å². The number of carbonyl (C=O) groups is 4. The molecule has 146 valence electrons. The topological polar surface area (TPSA) is 102 Å². The van der Waals surface area contributed by atoms with Crippen molar-refractivity contribution in [2.75, 3.05) is 7.11 Å². The maximum atomic E-state index is 12.8. The lowest BCUT2D eigenvalue weighted by Gasteiger charge is -2.29. The summed E-state index contributed by atoms with van der Waals surface area (Å²) in [5.41, 5.74) is 0.883. The van der Waals surface area contributed by atoms with Gasteiger partial charge in [0.2, 0.25) is 11.8 Å². The minimum absolute atomic E-state index is 0.0806. The number of benzene rings is 1. The Labute approximate surface area is 158 Å². The molecule has 2 amide bonds. The van der Waals surface area contributed by atoms with E-state index in [0.717, 1.165) is 5.56 Å². The fourth-order valence-corrected chi connectivity index (χ4v) is 3.40. The molecule has 7 nitrogen and oxygen atoms in total. The average molecular weight is 374 g/mol. The minimum atomic E-state index is -0.904. The predicted molar refractivity (Wildman–Crippen MR) is 98.7 cm³/mol. The van der Waals surface area contributed by atoms with Crippen molar-refractivity contribution in [3.05, 3.63) is 35.9 Å². The number of hydrogen-bond acceptors (Lipinski definition) is 5. The maximum absolute atomic E-state index is 12.8. The SMILES string of the molecule is COC(=O)[C@@H](NC(=O)[C@H](Cc1ccccc1)NC(C)=O)[C@H]1CCCC(=O)C1. The van der Waals surface area contributed by atoms with E-state index >= 15 is 0 Å². The molecule has 0 unspecified atom stereocenters. The fourth-order valence-electron chi connectivity index (χ4n) is 3.40. The van der Waals surface area contributed by atoms with E-state index in [4.69, 9.17) is 4.74 Å². The second kappa shape index (κ2) is 9.85. The van der Waals surface area contributed by atoms with Crippen molar-refractivity contribution in [2.45, 2.75) is 51.1 Å². The Morgan fingerprint density at radius 1 is 1.19 bits per heavy atom. The molecule has 3 atom stereocenters. The van der Waals surface area contributed by atoms with Gasteiger partial charge in [-0.05, 0) is 24.3 Å². The van der Waals surface area contributed by atoms with Crippen LogP contribution in [0.1, 0.15) is 38.2 Å². The highest BCUT2D eigenvalue weighted by Gasteiger charge is 2.35. The van der Waals surface area contributed by atoms with E-state index in [1.54, 1.807) is 0 Å². The molecule has 1 aromatic rings. The average Bonchev–Trinajstić information content (AvgIpc) is 2.65. The van der Waals surface area contributed by atoms with Gasteiger partial charge in [0.05, 0.1) is 7.11 Å². The second-order valence-electron chi connectivity index (χ2n) is 6.85. The summed E-state index contributed by atoms with van der Waals surface area (Å²) in [7, 11) is 1.25. The summed E-state index contributed by atoms with van der Waals surface area (Å²) < 4.78 is 4.83. The summed E-state index contributed by atoms with van der Waals surface area (Å²) in [6.45, 7) is 1.34. The zero-order valence-corrected chi connectivity index (χ0v) is 15.7. The molecule has 1 saturated carbocycles. The number of amides is 2. The van der Waals surface area contributed by atoms with Crippen LogP contribution in [0.25, 0.3) is 0 Å². The highest BCUT2D eigenvalue weighted by molar-refractivity contribution is 5.91. The summed E-state index contributed by atoms with van der Waals surface area (Å²) in [4.78, 5) is 48.4. The lowest BCUT2D eigenvalue weighted by atomic mass is 9.83. The molecule has 0 spiro atoms. The number of rotatable bonds is 7. The normalized spacial score (nSPS) is 18.9. The Kier molecular flexibility index (Phi) is 7.52. The van der Waals surface area contributed by atoms with Gasteiger partial charge in [0.1, 0.15) is 17.9 Å². The molecule has 0 heterocycles.